The van der Waals surface area contributed by atoms with Gasteiger partial charge in [-0.05, 0) is 35.7 Å². The second-order valence-electron chi connectivity index (χ2n) is 7.94. The number of rotatable bonds is 7. The van der Waals surface area contributed by atoms with Gasteiger partial charge < -0.3 is 19.4 Å². The molecule has 0 unspecified atom stereocenters. The van der Waals surface area contributed by atoms with Crippen molar-refractivity contribution >= 4 is 51.8 Å². The van der Waals surface area contributed by atoms with E-state index < -0.39 is 0 Å². The van der Waals surface area contributed by atoms with Crippen molar-refractivity contribution in [2.45, 2.75) is 13.0 Å². The summed E-state index contributed by atoms with van der Waals surface area (Å²) < 4.78 is 13.0. The Balaban J connectivity index is 1.30. The average molecular weight is 505 g/mol. The lowest BCUT2D eigenvalue weighted by atomic mass is 9.98. The standard InChI is InChI=1S/C23H20Cl3N5O2/c1-31-20-5-13(4-14-11-32-12-14)2-3-19(20)30-22(31)27-8-15-6-18(26)21(7-17(15)25)33-23-28-9-16(24)10-29-23/h2-3,5-7,9-10,14H,4,8,11-12H2,1H3,(H,27,30). The van der Waals surface area contributed by atoms with Gasteiger partial charge in [-0.2, -0.15) is 0 Å². The average Bonchev–Trinajstić information content (AvgIpc) is 3.09. The van der Waals surface area contributed by atoms with E-state index in [9.17, 15) is 0 Å². The molecule has 0 radical (unpaired) electrons. The summed E-state index contributed by atoms with van der Waals surface area (Å²) in [6.45, 7) is 2.13. The topological polar surface area (TPSA) is 74.1 Å². The van der Waals surface area contributed by atoms with E-state index >= 15 is 0 Å². The first-order valence-electron chi connectivity index (χ1n) is 10.4. The number of hydrogen-bond donors (Lipinski definition) is 1. The van der Waals surface area contributed by atoms with Crippen molar-refractivity contribution < 1.29 is 9.47 Å². The fourth-order valence-corrected chi connectivity index (χ4v) is 4.21. The van der Waals surface area contributed by atoms with Crippen molar-refractivity contribution in [3.8, 4) is 11.8 Å². The molecule has 0 spiro atoms. The third-order valence-corrected chi connectivity index (χ3v) is 6.35. The molecule has 1 aliphatic heterocycles. The maximum absolute atomic E-state index is 6.49. The number of aryl methyl sites for hydroxylation is 1. The van der Waals surface area contributed by atoms with Gasteiger partial charge in [0.15, 0.2) is 5.75 Å². The van der Waals surface area contributed by atoms with Crippen LogP contribution < -0.4 is 10.1 Å². The first-order chi connectivity index (χ1) is 16.0. The summed E-state index contributed by atoms with van der Waals surface area (Å²) in [6, 6.07) is 9.92. The molecule has 3 heterocycles. The van der Waals surface area contributed by atoms with Crippen LogP contribution in [0.3, 0.4) is 0 Å². The zero-order chi connectivity index (χ0) is 22.9. The summed E-state index contributed by atoms with van der Waals surface area (Å²) in [6.07, 6.45) is 3.91. The van der Waals surface area contributed by atoms with Gasteiger partial charge in [0.1, 0.15) is 0 Å². The summed E-state index contributed by atoms with van der Waals surface area (Å²) in [4.78, 5) is 12.7. The number of hydrogen-bond acceptors (Lipinski definition) is 6. The predicted octanol–water partition coefficient (Wildman–Crippen LogP) is 5.92. The molecule has 0 amide bonds. The summed E-state index contributed by atoms with van der Waals surface area (Å²) in [5, 5.41) is 4.66. The molecule has 1 fully saturated rings. The van der Waals surface area contributed by atoms with Gasteiger partial charge in [0.25, 0.3) is 0 Å². The Kier molecular flexibility index (Phi) is 6.29. The van der Waals surface area contributed by atoms with Crippen molar-refractivity contribution in [2.24, 2.45) is 13.0 Å². The molecular weight excluding hydrogens is 485 g/mol. The second kappa shape index (κ2) is 9.35. The number of benzene rings is 2. The van der Waals surface area contributed by atoms with Crippen molar-refractivity contribution in [1.82, 2.24) is 19.5 Å². The van der Waals surface area contributed by atoms with Gasteiger partial charge >= 0.3 is 6.01 Å². The minimum atomic E-state index is 0.132. The summed E-state index contributed by atoms with van der Waals surface area (Å²) >= 11 is 18.7. The van der Waals surface area contributed by atoms with Gasteiger partial charge in [0, 0.05) is 30.6 Å². The van der Waals surface area contributed by atoms with Crippen LogP contribution in [0.4, 0.5) is 5.95 Å². The van der Waals surface area contributed by atoms with Crippen LogP contribution in [0.15, 0.2) is 42.7 Å². The minimum absolute atomic E-state index is 0.132. The lowest BCUT2D eigenvalue weighted by Gasteiger charge is -2.25. The first-order valence-corrected chi connectivity index (χ1v) is 11.5. The fraction of sp³-hybridized carbons (Fsp3) is 0.261. The fourth-order valence-electron chi connectivity index (χ4n) is 3.67. The van der Waals surface area contributed by atoms with Crippen LogP contribution in [0.2, 0.25) is 15.1 Å². The number of nitrogens with zero attached hydrogens (tertiary/aromatic N) is 4. The molecular formula is C23H20Cl3N5O2. The first kappa shape index (κ1) is 22.2. The van der Waals surface area contributed by atoms with Crippen LogP contribution in [0.25, 0.3) is 11.0 Å². The molecule has 0 aliphatic carbocycles. The maximum atomic E-state index is 6.49. The van der Waals surface area contributed by atoms with Gasteiger partial charge in [-0.25, -0.2) is 15.0 Å². The molecule has 33 heavy (non-hydrogen) atoms. The number of nitrogens with one attached hydrogen (secondary N) is 1. The molecule has 4 aromatic rings. The Morgan fingerprint density at radius 2 is 1.88 bits per heavy atom. The summed E-state index contributed by atoms with van der Waals surface area (Å²) in [7, 11) is 1.99. The van der Waals surface area contributed by atoms with Crippen molar-refractivity contribution in [3.63, 3.8) is 0 Å². The molecule has 7 nitrogen and oxygen atoms in total. The molecule has 1 aliphatic rings. The van der Waals surface area contributed by atoms with E-state index in [-0.39, 0.29) is 6.01 Å². The second-order valence-corrected chi connectivity index (χ2v) is 9.19. The number of anilines is 1. The number of imidazole rings is 1. The Bertz CT molecular complexity index is 1310. The van der Waals surface area contributed by atoms with Crippen LogP contribution in [0.5, 0.6) is 11.8 Å². The highest BCUT2D eigenvalue weighted by atomic mass is 35.5. The van der Waals surface area contributed by atoms with Crippen molar-refractivity contribution in [1.29, 1.82) is 0 Å². The Morgan fingerprint density at radius 3 is 2.61 bits per heavy atom. The van der Waals surface area contributed by atoms with Crippen molar-refractivity contribution in [3.05, 3.63) is 68.9 Å². The Hall–Kier alpha value is -2.58. The summed E-state index contributed by atoms with van der Waals surface area (Å²) in [5.74, 6) is 1.72. The lowest BCUT2D eigenvalue weighted by molar-refractivity contribution is -0.0312. The Morgan fingerprint density at radius 1 is 1.09 bits per heavy atom. The molecule has 0 atom stereocenters. The third kappa shape index (κ3) is 4.87. The highest BCUT2D eigenvalue weighted by molar-refractivity contribution is 6.34. The molecule has 0 bridgehead atoms. The quantitative estimate of drug-likeness (QED) is 0.337. The molecule has 1 saturated heterocycles. The molecule has 1 N–H and O–H groups in total. The van der Waals surface area contributed by atoms with Crippen LogP contribution in [-0.4, -0.2) is 32.7 Å². The van der Waals surface area contributed by atoms with Gasteiger partial charge in [0.2, 0.25) is 5.95 Å². The molecule has 2 aromatic carbocycles. The molecule has 10 heteroatoms. The molecule has 170 valence electrons. The van der Waals surface area contributed by atoms with Gasteiger partial charge in [0.05, 0.1) is 46.7 Å². The smallest absolute Gasteiger partial charge is 0.322 e. The predicted molar refractivity (Wildman–Crippen MR) is 130 cm³/mol. The highest BCUT2D eigenvalue weighted by Gasteiger charge is 2.19. The van der Waals surface area contributed by atoms with Crippen LogP contribution >= 0.6 is 34.8 Å². The van der Waals surface area contributed by atoms with Crippen LogP contribution in [0, 0.1) is 5.92 Å². The van der Waals surface area contributed by atoms with E-state index in [0.717, 1.165) is 42.2 Å². The molecule has 2 aromatic heterocycles. The van der Waals surface area contributed by atoms with E-state index in [1.807, 2.05) is 11.6 Å². The third-order valence-electron chi connectivity index (χ3n) is 5.51. The zero-order valence-electron chi connectivity index (χ0n) is 17.7. The van der Waals surface area contributed by atoms with Crippen LogP contribution in [0.1, 0.15) is 11.1 Å². The van der Waals surface area contributed by atoms with Crippen molar-refractivity contribution in [2.75, 3.05) is 18.5 Å². The maximum Gasteiger partial charge on any atom is 0.322 e. The van der Waals surface area contributed by atoms with E-state index in [2.05, 4.69) is 33.5 Å². The SMILES string of the molecule is Cn1c(NCc2cc(Cl)c(Oc3ncc(Cl)cn3)cc2Cl)nc2ccc(CC3COC3)cc21. The molecule has 5 rings (SSSR count). The number of aromatic nitrogens is 4. The van der Waals surface area contributed by atoms with Gasteiger partial charge in [-0.15, -0.1) is 0 Å². The van der Waals surface area contributed by atoms with E-state index in [0.29, 0.717) is 33.3 Å². The van der Waals surface area contributed by atoms with E-state index in [1.165, 1.54) is 18.0 Å². The zero-order valence-corrected chi connectivity index (χ0v) is 20.0. The van der Waals surface area contributed by atoms with Crippen LogP contribution in [-0.2, 0) is 24.8 Å². The minimum Gasteiger partial charge on any atom is -0.423 e. The van der Waals surface area contributed by atoms with Gasteiger partial charge in [-0.1, -0.05) is 40.9 Å². The number of fused-ring (bicyclic) bond motifs is 1. The Labute approximate surface area is 205 Å². The van der Waals surface area contributed by atoms with E-state index in [1.54, 1.807) is 12.1 Å². The largest absolute Gasteiger partial charge is 0.423 e. The number of ether oxygens (including phenoxy) is 2. The van der Waals surface area contributed by atoms with Gasteiger partial charge in [-0.3, -0.25) is 0 Å². The molecule has 0 saturated carbocycles. The monoisotopic (exact) mass is 503 g/mol. The normalized spacial score (nSPS) is 13.8. The van der Waals surface area contributed by atoms with E-state index in [4.69, 9.17) is 49.3 Å². The highest BCUT2D eigenvalue weighted by Crippen LogP contribution is 2.34. The summed E-state index contributed by atoms with van der Waals surface area (Å²) in [5.41, 5.74) is 4.11. The lowest BCUT2D eigenvalue weighted by Crippen LogP contribution is -2.29. The number of halogens is 3.